The molecule has 1 unspecified atom stereocenters. The molecule has 2 saturated heterocycles. The Bertz CT molecular complexity index is 427. The largest absolute Gasteiger partial charge is 0.387 e. The number of rotatable bonds is 5. The van der Waals surface area contributed by atoms with E-state index in [4.69, 9.17) is 14.2 Å². The summed E-state index contributed by atoms with van der Waals surface area (Å²) in [6.07, 6.45) is -1.98. The minimum atomic E-state index is -1.05. The van der Waals surface area contributed by atoms with E-state index in [1.54, 1.807) is 0 Å². The van der Waals surface area contributed by atoms with Crippen LogP contribution in [0.5, 0.6) is 0 Å². The van der Waals surface area contributed by atoms with E-state index in [-0.39, 0.29) is 6.61 Å². The molecule has 0 saturated carbocycles. The maximum absolute atomic E-state index is 13.0. The van der Waals surface area contributed by atoms with Crippen LogP contribution >= 0.6 is 0 Å². The quantitative estimate of drug-likeness (QED) is 0.868. The Morgan fingerprint density at radius 3 is 2.84 bits per heavy atom. The SMILES string of the molecule is O[C@H]1[C@@H]2CO[C@@]1(COCc1ccccc1)C(CF)O2. The molecule has 5 heteroatoms. The first-order valence-electron chi connectivity index (χ1n) is 6.41. The van der Waals surface area contributed by atoms with E-state index in [0.717, 1.165) is 5.56 Å². The van der Waals surface area contributed by atoms with Crippen LogP contribution in [0.2, 0.25) is 0 Å². The van der Waals surface area contributed by atoms with Crippen molar-refractivity contribution in [2.24, 2.45) is 0 Å². The lowest BCUT2D eigenvalue weighted by molar-refractivity contribution is -0.180. The molecule has 2 fully saturated rings. The van der Waals surface area contributed by atoms with Crippen LogP contribution in [-0.4, -0.2) is 48.9 Å². The summed E-state index contributed by atoms with van der Waals surface area (Å²) in [5, 5.41) is 10.1. The first-order valence-corrected chi connectivity index (χ1v) is 6.41. The molecule has 1 N–H and O–H groups in total. The second-order valence-electron chi connectivity index (χ2n) is 5.01. The second-order valence-corrected chi connectivity index (χ2v) is 5.01. The molecule has 104 valence electrons. The van der Waals surface area contributed by atoms with Gasteiger partial charge in [0.05, 0.1) is 19.8 Å². The van der Waals surface area contributed by atoms with Crippen LogP contribution in [-0.2, 0) is 20.8 Å². The summed E-state index contributed by atoms with van der Waals surface area (Å²) in [5.41, 5.74) is -0.0209. The van der Waals surface area contributed by atoms with E-state index in [0.29, 0.717) is 13.2 Å². The monoisotopic (exact) mass is 268 g/mol. The van der Waals surface area contributed by atoms with Gasteiger partial charge in [0, 0.05) is 0 Å². The van der Waals surface area contributed by atoms with Crippen LogP contribution in [0, 0.1) is 0 Å². The van der Waals surface area contributed by atoms with Crippen LogP contribution < -0.4 is 0 Å². The highest BCUT2D eigenvalue weighted by Crippen LogP contribution is 2.41. The van der Waals surface area contributed by atoms with Crippen LogP contribution in [0.1, 0.15) is 5.56 Å². The third-order valence-corrected chi connectivity index (χ3v) is 3.83. The molecule has 0 aromatic heterocycles. The molecule has 19 heavy (non-hydrogen) atoms. The minimum absolute atomic E-state index is 0.133. The Balaban J connectivity index is 1.62. The van der Waals surface area contributed by atoms with Crippen LogP contribution in [0.4, 0.5) is 4.39 Å². The Hall–Kier alpha value is -1.01. The number of fused-ring (bicyclic) bond motifs is 2. The fraction of sp³-hybridized carbons (Fsp3) is 0.571. The highest BCUT2D eigenvalue weighted by molar-refractivity contribution is 5.14. The predicted octanol–water partition coefficient (Wildman–Crippen LogP) is 1.07. The molecule has 3 rings (SSSR count). The molecular weight excluding hydrogens is 251 g/mol. The van der Waals surface area contributed by atoms with Gasteiger partial charge in [0.1, 0.15) is 30.6 Å². The number of halogens is 1. The normalized spacial score (nSPS) is 36.8. The molecular formula is C14H17FO4. The van der Waals surface area contributed by atoms with Crippen molar-refractivity contribution < 1.29 is 23.7 Å². The fourth-order valence-electron chi connectivity index (χ4n) is 2.74. The predicted molar refractivity (Wildman–Crippen MR) is 65.4 cm³/mol. The van der Waals surface area contributed by atoms with Gasteiger partial charge < -0.3 is 19.3 Å². The molecule has 0 radical (unpaired) electrons. The first-order chi connectivity index (χ1) is 9.26. The molecule has 2 aliphatic heterocycles. The van der Waals surface area contributed by atoms with Gasteiger partial charge in [-0.1, -0.05) is 30.3 Å². The zero-order valence-corrected chi connectivity index (χ0v) is 10.5. The molecule has 0 amide bonds. The number of ether oxygens (including phenoxy) is 3. The third-order valence-electron chi connectivity index (χ3n) is 3.83. The van der Waals surface area contributed by atoms with Crippen LogP contribution in [0.3, 0.4) is 0 Å². The summed E-state index contributed by atoms with van der Waals surface area (Å²) < 4.78 is 29.5. The van der Waals surface area contributed by atoms with Crippen molar-refractivity contribution in [3.05, 3.63) is 35.9 Å². The molecule has 0 aliphatic carbocycles. The number of benzene rings is 1. The van der Waals surface area contributed by atoms with Crippen molar-refractivity contribution in [3.8, 4) is 0 Å². The lowest BCUT2D eigenvalue weighted by Gasteiger charge is -2.33. The van der Waals surface area contributed by atoms with E-state index in [2.05, 4.69) is 0 Å². The molecule has 4 atom stereocenters. The number of aliphatic hydroxyl groups is 1. The standard InChI is InChI=1S/C14H17FO4/c15-6-12-14(13(16)11(19-12)8-18-14)9-17-7-10-4-2-1-3-5-10/h1-5,11-13,16H,6-9H2/t11-,12?,13-,14-/m0/s1. The lowest BCUT2D eigenvalue weighted by atomic mass is 9.94. The van der Waals surface area contributed by atoms with Crippen molar-refractivity contribution in [1.29, 1.82) is 0 Å². The van der Waals surface area contributed by atoms with Gasteiger partial charge in [-0.15, -0.1) is 0 Å². The zero-order valence-electron chi connectivity index (χ0n) is 10.5. The highest BCUT2D eigenvalue weighted by atomic mass is 19.1. The van der Waals surface area contributed by atoms with Gasteiger partial charge in [-0.2, -0.15) is 0 Å². The minimum Gasteiger partial charge on any atom is -0.387 e. The Labute approximate surface area is 111 Å². The summed E-state index contributed by atoms with van der Waals surface area (Å²) in [7, 11) is 0. The smallest absolute Gasteiger partial charge is 0.148 e. The Kier molecular flexibility index (Phi) is 3.54. The molecule has 1 aromatic rings. The van der Waals surface area contributed by atoms with Crippen molar-refractivity contribution in [2.75, 3.05) is 19.9 Å². The number of alkyl halides is 1. The number of hydrogen-bond acceptors (Lipinski definition) is 4. The number of aliphatic hydroxyl groups excluding tert-OH is 1. The van der Waals surface area contributed by atoms with Gasteiger partial charge in [-0.25, -0.2) is 4.39 Å². The van der Waals surface area contributed by atoms with Crippen molar-refractivity contribution >= 4 is 0 Å². The van der Waals surface area contributed by atoms with E-state index in [1.807, 2.05) is 30.3 Å². The van der Waals surface area contributed by atoms with E-state index in [1.165, 1.54) is 0 Å². The first kappa shape index (κ1) is 13.0. The van der Waals surface area contributed by atoms with E-state index >= 15 is 0 Å². The summed E-state index contributed by atoms with van der Waals surface area (Å²) in [4.78, 5) is 0. The highest BCUT2D eigenvalue weighted by Gasteiger charge is 2.62. The Morgan fingerprint density at radius 2 is 2.16 bits per heavy atom. The van der Waals surface area contributed by atoms with E-state index in [9.17, 15) is 9.50 Å². The lowest BCUT2D eigenvalue weighted by Crippen LogP contribution is -2.51. The summed E-state index contributed by atoms with van der Waals surface area (Å²) in [5.74, 6) is 0. The molecule has 4 nitrogen and oxygen atoms in total. The average Bonchev–Trinajstić information content (AvgIpc) is 2.90. The van der Waals surface area contributed by atoms with Crippen LogP contribution in [0.15, 0.2) is 30.3 Å². The van der Waals surface area contributed by atoms with Gasteiger partial charge in [-0.05, 0) is 5.56 Å². The molecule has 2 aliphatic rings. The third kappa shape index (κ3) is 2.17. The van der Waals surface area contributed by atoms with Crippen molar-refractivity contribution in [2.45, 2.75) is 30.5 Å². The summed E-state index contributed by atoms with van der Waals surface area (Å²) in [6.45, 7) is 0.158. The van der Waals surface area contributed by atoms with E-state index < -0.39 is 30.6 Å². The molecule has 2 heterocycles. The maximum atomic E-state index is 13.0. The number of hydrogen-bond donors (Lipinski definition) is 1. The molecule has 0 spiro atoms. The molecule has 1 aromatic carbocycles. The summed E-state index contributed by atoms with van der Waals surface area (Å²) in [6, 6.07) is 9.68. The second kappa shape index (κ2) is 5.17. The van der Waals surface area contributed by atoms with Gasteiger partial charge in [0.2, 0.25) is 0 Å². The fourth-order valence-corrected chi connectivity index (χ4v) is 2.74. The van der Waals surface area contributed by atoms with Gasteiger partial charge in [-0.3, -0.25) is 0 Å². The van der Waals surface area contributed by atoms with Gasteiger partial charge in [0.15, 0.2) is 0 Å². The van der Waals surface area contributed by atoms with Crippen LogP contribution in [0.25, 0.3) is 0 Å². The van der Waals surface area contributed by atoms with Crippen molar-refractivity contribution in [3.63, 3.8) is 0 Å². The molecule has 2 bridgehead atoms. The maximum Gasteiger partial charge on any atom is 0.148 e. The van der Waals surface area contributed by atoms with Gasteiger partial charge in [0.25, 0.3) is 0 Å². The summed E-state index contributed by atoms with van der Waals surface area (Å²) >= 11 is 0. The van der Waals surface area contributed by atoms with Crippen molar-refractivity contribution in [1.82, 2.24) is 0 Å². The topological polar surface area (TPSA) is 47.9 Å². The zero-order chi connectivity index (χ0) is 13.3. The average molecular weight is 268 g/mol. The Morgan fingerprint density at radius 1 is 1.37 bits per heavy atom. The van der Waals surface area contributed by atoms with Gasteiger partial charge >= 0.3 is 0 Å².